The van der Waals surface area contributed by atoms with Gasteiger partial charge in [-0.15, -0.1) is 0 Å². The van der Waals surface area contributed by atoms with Crippen LogP contribution in [-0.4, -0.2) is 17.0 Å². The number of rotatable bonds is 2. The van der Waals surface area contributed by atoms with Crippen LogP contribution in [0, 0.1) is 5.41 Å². The SMILES string of the molecule is CC1(C(=O)O)C(c2ccccc2)C1(F)F. The Morgan fingerprint density at radius 3 is 2.27 bits per heavy atom. The summed E-state index contributed by atoms with van der Waals surface area (Å²) in [5.74, 6) is -5.80. The van der Waals surface area contributed by atoms with Gasteiger partial charge in [-0.05, 0) is 12.5 Å². The molecule has 1 N–H and O–H groups in total. The Balaban J connectivity index is 2.39. The van der Waals surface area contributed by atoms with Crippen LogP contribution < -0.4 is 0 Å². The molecular formula is C11H10F2O2. The Morgan fingerprint density at radius 2 is 1.87 bits per heavy atom. The monoisotopic (exact) mass is 212 g/mol. The highest BCUT2D eigenvalue weighted by molar-refractivity contribution is 5.83. The fraction of sp³-hybridized carbons (Fsp3) is 0.364. The van der Waals surface area contributed by atoms with Crippen molar-refractivity contribution < 1.29 is 18.7 Å². The van der Waals surface area contributed by atoms with Crippen LogP contribution in [0.4, 0.5) is 8.78 Å². The number of halogens is 2. The van der Waals surface area contributed by atoms with E-state index in [9.17, 15) is 13.6 Å². The van der Waals surface area contributed by atoms with Gasteiger partial charge in [0.1, 0.15) is 5.41 Å². The number of carbonyl (C=O) groups is 1. The van der Waals surface area contributed by atoms with Crippen molar-refractivity contribution in [3.8, 4) is 0 Å². The molecule has 0 radical (unpaired) electrons. The van der Waals surface area contributed by atoms with E-state index in [1.165, 1.54) is 12.1 Å². The first-order valence-corrected chi connectivity index (χ1v) is 4.58. The summed E-state index contributed by atoms with van der Waals surface area (Å²) < 4.78 is 26.8. The summed E-state index contributed by atoms with van der Waals surface area (Å²) in [7, 11) is 0. The summed E-state index contributed by atoms with van der Waals surface area (Å²) in [5, 5.41) is 8.80. The van der Waals surface area contributed by atoms with Crippen molar-refractivity contribution in [2.75, 3.05) is 0 Å². The molecule has 0 amide bonds. The summed E-state index contributed by atoms with van der Waals surface area (Å²) in [6.45, 7) is 1.09. The maximum absolute atomic E-state index is 13.4. The van der Waals surface area contributed by atoms with E-state index in [1.54, 1.807) is 18.2 Å². The molecule has 1 saturated carbocycles. The van der Waals surface area contributed by atoms with Crippen LogP contribution in [0.25, 0.3) is 0 Å². The highest BCUT2D eigenvalue weighted by Gasteiger charge is 2.82. The van der Waals surface area contributed by atoms with Crippen molar-refractivity contribution in [1.29, 1.82) is 0 Å². The molecule has 0 saturated heterocycles. The number of alkyl halides is 2. The number of hydrogen-bond acceptors (Lipinski definition) is 1. The van der Waals surface area contributed by atoms with E-state index >= 15 is 0 Å². The zero-order valence-electron chi connectivity index (χ0n) is 8.08. The Hall–Kier alpha value is -1.45. The molecule has 0 aromatic heterocycles. The minimum Gasteiger partial charge on any atom is -0.481 e. The van der Waals surface area contributed by atoms with Gasteiger partial charge >= 0.3 is 5.97 Å². The first kappa shape index (κ1) is 10.1. The van der Waals surface area contributed by atoms with Crippen LogP contribution >= 0.6 is 0 Å². The molecule has 1 aromatic carbocycles. The van der Waals surface area contributed by atoms with Gasteiger partial charge < -0.3 is 5.11 Å². The maximum Gasteiger partial charge on any atom is 0.316 e. The molecule has 0 aliphatic heterocycles. The van der Waals surface area contributed by atoms with Gasteiger partial charge in [-0.2, -0.15) is 0 Å². The number of hydrogen-bond donors (Lipinski definition) is 1. The molecule has 0 spiro atoms. The van der Waals surface area contributed by atoms with Crippen molar-refractivity contribution in [1.82, 2.24) is 0 Å². The molecule has 80 valence electrons. The number of benzene rings is 1. The molecule has 1 aromatic rings. The van der Waals surface area contributed by atoms with Gasteiger partial charge in [0.05, 0.1) is 5.92 Å². The Kier molecular flexibility index (Phi) is 1.87. The smallest absolute Gasteiger partial charge is 0.316 e. The van der Waals surface area contributed by atoms with Crippen LogP contribution in [0.5, 0.6) is 0 Å². The van der Waals surface area contributed by atoms with Crippen LogP contribution in [0.1, 0.15) is 18.4 Å². The third kappa shape index (κ3) is 1.11. The van der Waals surface area contributed by atoms with Gasteiger partial charge in [-0.1, -0.05) is 30.3 Å². The fourth-order valence-electron chi connectivity index (χ4n) is 1.99. The minimum absolute atomic E-state index is 0.382. The largest absolute Gasteiger partial charge is 0.481 e. The lowest BCUT2D eigenvalue weighted by Gasteiger charge is -2.01. The summed E-state index contributed by atoms with van der Waals surface area (Å²) >= 11 is 0. The average Bonchev–Trinajstić information content (AvgIpc) is 2.64. The Morgan fingerprint density at radius 1 is 1.33 bits per heavy atom. The second-order valence-corrected chi connectivity index (χ2v) is 3.97. The van der Waals surface area contributed by atoms with Gasteiger partial charge in [0.2, 0.25) is 0 Å². The third-order valence-corrected chi connectivity index (χ3v) is 3.13. The van der Waals surface area contributed by atoms with E-state index < -0.39 is 23.2 Å². The summed E-state index contributed by atoms with van der Waals surface area (Å²) in [5.41, 5.74) is -1.57. The predicted octanol–water partition coefficient (Wildman–Crippen LogP) is 2.51. The Bertz CT molecular complexity index is 402. The average molecular weight is 212 g/mol. The lowest BCUT2D eigenvalue weighted by molar-refractivity contribution is -0.146. The predicted molar refractivity (Wildman–Crippen MR) is 49.9 cm³/mol. The second-order valence-electron chi connectivity index (χ2n) is 3.97. The molecule has 2 atom stereocenters. The van der Waals surface area contributed by atoms with E-state index in [-0.39, 0.29) is 0 Å². The summed E-state index contributed by atoms with van der Waals surface area (Å²) in [4.78, 5) is 10.8. The van der Waals surface area contributed by atoms with Crippen molar-refractivity contribution in [2.45, 2.75) is 18.8 Å². The van der Waals surface area contributed by atoms with Crippen molar-refractivity contribution >= 4 is 5.97 Å². The van der Waals surface area contributed by atoms with Crippen molar-refractivity contribution in [2.24, 2.45) is 5.41 Å². The molecule has 1 aliphatic rings. The molecule has 0 bridgehead atoms. The first-order chi connectivity index (χ1) is 6.92. The van der Waals surface area contributed by atoms with E-state index in [4.69, 9.17) is 5.11 Å². The van der Waals surface area contributed by atoms with Gasteiger partial charge in [-0.25, -0.2) is 8.78 Å². The topological polar surface area (TPSA) is 37.3 Å². The minimum atomic E-state index is -3.15. The standard InChI is InChI=1S/C11H10F2O2/c1-10(9(14)15)8(11(10,12)13)7-5-3-2-4-6-7/h2-6,8H,1H3,(H,14,15). The van der Waals surface area contributed by atoms with Crippen molar-refractivity contribution in [3.05, 3.63) is 35.9 Å². The molecule has 4 heteroatoms. The van der Waals surface area contributed by atoms with Crippen LogP contribution in [0.3, 0.4) is 0 Å². The molecule has 1 fully saturated rings. The number of carboxylic acid groups (broad SMARTS) is 1. The van der Waals surface area contributed by atoms with E-state index in [0.717, 1.165) is 6.92 Å². The van der Waals surface area contributed by atoms with E-state index in [2.05, 4.69) is 0 Å². The highest BCUT2D eigenvalue weighted by atomic mass is 19.3. The van der Waals surface area contributed by atoms with Gasteiger partial charge in [0.25, 0.3) is 5.92 Å². The van der Waals surface area contributed by atoms with Gasteiger partial charge in [-0.3, -0.25) is 4.79 Å². The van der Waals surface area contributed by atoms with E-state index in [0.29, 0.717) is 5.56 Å². The highest BCUT2D eigenvalue weighted by Crippen LogP contribution is 2.71. The Labute approximate surface area is 85.5 Å². The normalized spacial score (nSPS) is 32.3. The zero-order chi connectivity index (χ0) is 11.3. The molecule has 0 heterocycles. The lowest BCUT2D eigenvalue weighted by atomic mass is 10.0. The molecule has 2 rings (SSSR count). The molecular weight excluding hydrogens is 202 g/mol. The molecule has 2 nitrogen and oxygen atoms in total. The quantitative estimate of drug-likeness (QED) is 0.817. The van der Waals surface area contributed by atoms with Crippen molar-refractivity contribution in [3.63, 3.8) is 0 Å². The molecule has 2 unspecified atom stereocenters. The second kappa shape index (κ2) is 2.78. The van der Waals surface area contributed by atoms with E-state index in [1.807, 2.05) is 0 Å². The number of carboxylic acids is 1. The summed E-state index contributed by atoms with van der Waals surface area (Å²) in [6, 6.07) is 8.04. The molecule has 15 heavy (non-hydrogen) atoms. The number of aliphatic carboxylic acids is 1. The lowest BCUT2D eigenvalue weighted by Crippen LogP contribution is -2.18. The maximum atomic E-state index is 13.4. The van der Waals surface area contributed by atoms with Crippen LogP contribution in [0.2, 0.25) is 0 Å². The van der Waals surface area contributed by atoms with Crippen LogP contribution in [-0.2, 0) is 4.79 Å². The fourth-order valence-corrected chi connectivity index (χ4v) is 1.99. The zero-order valence-corrected chi connectivity index (χ0v) is 8.08. The molecule has 1 aliphatic carbocycles. The first-order valence-electron chi connectivity index (χ1n) is 4.58. The van der Waals surface area contributed by atoms with Crippen LogP contribution in [0.15, 0.2) is 30.3 Å². The summed E-state index contributed by atoms with van der Waals surface area (Å²) in [6.07, 6.45) is 0. The van der Waals surface area contributed by atoms with Gasteiger partial charge in [0, 0.05) is 0 Å². The third-order valence-electron chi connectivity index (χ3n) is 3.13. The van der Waals surface area contributed by atoms with Gasteiger partial charge in [0.15, 0.2) is 0 Å².